The number of aryl methyl sites for hydroxylation is 3. The topological polar surface area (TPSA) is 92.5 Å². The number of piperidine rings is 1. The van der Waals surface area contributed by atoms with E-state index in [1.807, 2.05) is 49.4 Å². The zero-order chi connectivity index (χ0) is 26.0. The molecule has 194 valence electrons. The van der Waals surface area contributed by atoms with Crippen LogP contribution in [-0.4, -0.2) is 36.9 Å². The molecule has 1 N–H and O–H groups in total. The summed E-state index contributed by atoms with van der Waals surface area (Å²) in [6, 6.07) is 16.1. The fourth-order valence-corrected chi connectivity index (χ4v) is 7.12. The van der Waals surface area contributed by atoms with Crippen LogP contribution >= 0.6 is 0 Å². The number of aromatic nitrogens is 1. The van der Waals surface area contributed by atoms with E-state index >= 15 is 0 Å². The summed E-state index contributed by atoms with van der Waals surface area (Å²) in [4.78, 5) is 13.3. The van der Waals surface area contributed by atoms with Crippen LogP contribution in [0.2, 0.25) is 0 Å². The first-order valence-electron chi connectivity index (χ1n) is 12.9. The number of nitrogens with zero attached hydrogens (tertiary/aromatic N) is 2. The van der Waals surface area contributed by atoms with Crippen molar-refractivity contribution >= 4 is 28.1 Å². The Morgan fingerprint density at radius 1 is 1.05 bits per heavy atom. The third-order valence-electron chi connectivity index (χ3n) is 7.38. The lowest BCUT2D eigenvalue weighted by Crippen LogP contribution is -2.46. The average molecular weight is 520 g/mol. The van der Waals surface area contributed by atoms with Gasteiger partial charge in [-0.2, -0.15) is 4.31 Å². The quantitative estimate of drug-likeness (QED) is 0.492. The van der Waals surface area contributed by atoms with Crippen LogP contribution in [0.4, 0.5) is 0 Å². The highest BCUT2D eigenvalue weighted by Gasteiger charge is 2.37. The Balaban J connectivity index is 1.32. The molecule has 2 aromatic carbocycles. The maximum absolute atomic E-state index is 13.7. The molecule has 1 amide bonds. The molecular formula is C29H33N3O4S. The molecule has 0 radical (unpaired) electrons. The summed E-state index contributed by atoms with van der Waals surface area (Å²) in [5.74, 6) is -0.282. The van der Waals surface area contributed by atoms with Crippen LogP contribution < -0.4 is 5.32 Å². The number of benzene rings is 2. The van der Waals surface area contributed by atoms with E-state index in [4.69, 9.17) is 4.52 Å². The molecule has 2 aliphatic rings. The van der Waals surface area contributed by atoms with Gasteiger partial charge in [0.1, 0.15) is 5.69 Å². The number of hydrogen-bond donors (Lipinski definition) is 1. The summed E-state index contributed by atoms with van der Waals surface area (Å²) in [7, 11) is -3.89. The highest BCUT2D eigenvalue weighted by atomic mass is 32.2. The minimum atomic E-state index is -3.89. The predicted octanol–water partition coefficient (Wildman–Crippen LogP) is 5.06. The minimum absolute atomic E-state index is 0.0248. The Bertz CT molecular complexity index is 1410. The summed E-state index contributed by atoms with van der Waals surface area (Å²) >= 11 is 0. The van der Waals surface area contributed by atoms with E-state index in [0.29, 0.717) is 25.1 Å². The fraction of sp³-hybridized carbons (Fsp3) is 0.379. The number of nitrogens with one attached hydrogen (secondary N) is 1. The maximum atomic E-state index is 13.7. The second kappa shape index (κ2) is 10.6. The molecule has 2 atom stereocenters. The Hall–Kier alpha value is -3.23. The highest BCUT2D eigenvalue weighted by molar-refractivity contribution is 7.89. The van der Waals surface area contributed by atoms with E-state index in [2.05, 4.69) is 22.6 Å². The van der Waals surface area contributed by atoms with Crippen LogP contribution in [0.5, 0.6) is 0 Å². The van der Waals surface area contributed by atoms with E-state index in [1.54, 1.807) is 13.0 Å². The maximum Gasteiger partial charge on any atom is 0.248 e. The normalized spacial score (nSPS) is 20.6. The molecule has 3 aromatic rings. The third-order valence-corrected chi connectivity index (χ3v) is 9.40. The first kappa shape index (κ1) is 25.4. The largest absolute Gasteiger partial charge is 0.355 e. The summed E-state index contributed by atoms with van der Waals surface area (Å²) in [6.45, 7) is 4.16. The molecule has 5 rings (SSSR count). The van der Waals surface area contributed by atoms with Gasteiger partial charge in [-0.15, -0.1) is 0 Å². The number of fused-ring (bicyclic) bond motifs is 1. The lowest BCUT2D eigenvalue weighted by Gasteiger charge is -2.33. The van der Waals surface area contributed by atoms with Gasteiger partial charge in [0, 0.05) is 13.1 Å². The van der Waals surface area contributed by atoms with Crippen molar-refractivity contribution in [1.29, 1.82) is 0 Å². The summed E-state index contributed by atoms with van der Waals surface area (Å²) in [6.07, 6.45) is 7.69. The van der Waals surface area contributed by atoms with Crippen molar-refractivity contribution < 1.29 is 17.7 Å². The first-order valence-corrected chi connectivity index (χ1v) is 14.4. The summed E-state index contributed by atoms with van der Waals surface area (Å²) in [5.41, 5.74) is 4.84. The molecule has 0 saturated carbocycles. The average Bonchev–Trinajstić information content (AvgIpc) is 3.29. The van der Waals surface area contributed by atoms with Gasteiger partial charge in [-0.1, -0.05) is 65.3 Å². The molecule has 7 nitrogen and oxygen atoms in total. The lowest BCUT2D eigenvalue weighted by molar-refractivity contribution is -0.127. The van der Waals surface area contributed by atoms with Crippen molar-refractivity contribution in [3.63, 3.8) is 0 Å². The SMILES string of the molecule is Cc1ccc(/C=C/c2onc(C)c2S(=O)(=O)N2CCC[C@H](C(=O)N[C@@H]3CCCc4ccccc43)C2)cc1. The van der Waals surface area contributed by atoms with Crippen LogP contribution in [0.1, 0.15) is 65.4 Å². The van der Waals surface area contributed by atoms with Gasteiger partial charge in [-0.3, -0.25) is 4.79 Å². The summed E-state index contributed by atoms with van der Waals surface area (Å²) < 4.78 is 34.3. The van der Waals surface area contributed by atoms with Crippen LogP contribution in [-0.2, 0) is 21.2 Å². The van der Waals surface area contributed by atoms with E-state index in [1.165, 1.54) is 15.4 Å². The molecule has 1 saturated heterocycles. The van der Waals surface area contributed by atoms with Gasteiger partial charge in [0.15, 0.2) is 10.7 Å². The number of carbonyl (C=O) groups excluding carboxylic acids is 1. The van der Waals surface area contributed by atoms with Gasteiger partial charge >= 0.3 is 0 Å². The molecule has 1 aromatic heterocycles. The van der Waals surface area contributed by atoms with Crippen molar-refractivity contribution in [2.45, 2.75) is 56.9 Å². The van der Waals surface area contributed by atoms with E-state index < -0.39 is 15.9 Å². The van der Waals surface area contributed by atoms with E-state index in [-0.39, 0.29) is 29.1 Å². The number of sulfonamides is 1. The molecule has 0 bridgehead atoms. The van der Waals surface area contributed by atoms with Gasteiger partial charge in [-0.25, -0.2) is 8.42 Å². The fourth-order valence-electron chi connectivity index (χ4n) is 5.35. The Kier molecular flexibility index (Phi) is 7.31. The standard InChI is InChI=1S/C29H33N3O4S/c1-20-12-14-22(15-13-20)16-17-27-28(21(2)31-36-27)37(34,35)32-18-6-9-24(19-32)29(33)30-26-11-5-8-23-7-3-4-10-25(23)26/h3-4,7,10,12-17,24,26H,5-6,8-9,11,18-19H2,1-2H3,(H,30,33)/b17-16+/t24-,26+/m0/s1. The van der Waals surface area contributed by atoms with Gasteiger partial charge in [0.2, 0.25) is 15.9 Å². The molecule has 1 aliphatic carbocycles. The Labute approximate surface area is 218 Å². The van der Waals surface area contributed by atoms with Crippen LogP contribution in [0, 0.1) is 19.8 Å². The van der Waals surface area contributed by atoms with Crippen LogP contribution in [0.15, 0.2) is 57.9 Å². The molecule has 0 unspecified atom stereocenters. The van der Waals surface area contributed by atoms with Crippen LogP contribution in [0.3, 0.4) is 0 Å². The van der Waals surface area contributed by atoms with Gasteiger partial charge in [-0.05, 0) is 68.7 Å². The second-order valence-electron chi connectivity index (χ2n) is 10.1. The molecule has 1 aliphatic heterocycles. The number of amides is 1. The minimum Gasteiger partial charge on any atom is -0.355 e. The molecule has 0 spiro atoms. The third kappa shape index (κ3) is 5.40. The van der Waals surface area contributed by atoms with Crippen molar-refractivity contribution in [2.24, 2.45) is 5.92 Å². The predicted molar refractivity (Wildman–Crippen MR) is 143 cm³/mol. The highest BCUT2D eigenvalue weighted by Crippen LogP contribution is 2.32. The van der Waals surface area contributed by atoms with Crippen molar-refractivity contribution in [2.75, 3.05) is 13.1 Å². The smallest absolute Gasteiger partial charge is 0.248 e. The van der Waals surface area contributed by atoms with Crippen LogP contribution in [0.25, 0.3) is 12.2 Å². The number of hydrogen-bond acceptors (Lipinski definition) is 5. The Morgan fingerprint density at radius 2 is 1.84 bits per heavy atom. The molecule has 1 fully saturated rings. The Morgan fingerprint density at radius 3 is 2.65 bits per heavy atom. The number of rotatable bonds is 6. The molecular weight excluding hydrogens is 486 g/mol. The van der Waals surface area contributed by atoms with Crippen molar-refractivity contribution in [1.82, 2.24) is 14.8 Å². The van der Waals surface area contributed by atoms with Gasteiger partial charge in [0.25, 0.3) is 0 Å². The molecule has 8 heteroatoms. The zero-order valence-electron chi connectivity index (χ0n) is 21.3. The molecule has 2 heterocycles. The number of carbonyl (C=O) groups is 1. The second-order valence-corrected chi connectivity index (χ2v) is 11.9. The monoisotopic (exact) mass is 519 g/mol. The first-order chi connectivity index (χ1) is 17.8. The zero-order valence-corrected chi connectivity index (χ0v) is 22.1. The van der Waals surface area contributed by atoms with Gasteiger partial charge < -0.3 is 9.84 Å². The van der Waals surface area contributed by atoms with E-state index in [0.717, 1.165) is 30.4 Å². The van der Waals surface area contributed by atoms with Crippen molar-refractivity contribution in [3.8, 4) is 0 Å². The van der Waals surface area contributed by atoms with E-state index in [9.17, 15) is 13.2 Å². The molecule has 37 heavy (non-hydrogen) atoms. The lowest BCUT2D eigenvalue weighted by atomic mass is 9.87. The van der Waals surface area contributed by atoms with Gasteiger partial charge in [0.05, 0.1) is 12.0 Å². The van der Waals surface area contributed by atoms with Crippen molar-refractivity contribution in [3.05, 3.63) is 82.2 Å². The summed E-state index contributed by atoms with van der Waals surface area (Å²) in [5, 5.41) is 7.16.